The van der Waals surface area contributed by atoms with Gasteiger partial charge in [0.1, 0.15) is 0 Å². The second kappa shape index (κ2) is 2.51. The van der Waals surface area contributed by atoms with E-state index in [0.717, 1.165) is 19.3 Å². The molecule has 1 saturated carbocycles. The molecule has 0 aromatic heterocycles. The Hall–Kier alpha value is 0.310. The van der Waals surface area contributed by atoms with Crippen molar-refractivity contribution in [3.63, 3.8) is 0 Å². The smallest absolute Gasteiger partial charge is 0.0681 e. The fraction of sp³-hybridized carbons (Fsp3) is 1.00. The first-order chi connectivity index (χ1) is 4.13. The van der Waals surface area contributed by atoms with Gasteiger partial charge in [-0.15, -0.1) is 0 Å². The molecule has 1 nitrogen and oxygen atoms in total. The lowest BCUT2D eigenvalue weighted by atomic mass is 9.87. The zero-order valence-electron chi connectivity index (χ0n) is 5.80. The lowest BCUT2D eigenvalue weighted by Gasteiger charge is -2.33. The van der Waals surface area contributed by atoms with Gasteiger partial charge in [0.05, 0.1) is 6.10 Å². The highest BCUT2D eigenvalue weighted by Gasteiger charge is 2.31. The van der Waals surface area contributed by atoms with Gasteiger partial charge in [0.25, 0.3) is 0 Å². The monoisotopic (exact) mass is 146 g/mol. The minimum atomic E-state index is -0.186. The van der Waals surface area contributed by atoms with Gasteiger partial charge < -0.3 is 5.11 Å². The van der Waals surface area contributed by atoms with Gasteiger partial charge in [-0.3, -0.25) is 0 Å². The molecular formula is C7H14OS. The molecule has 0 heterocycles. The molecule has 1 aliphatic rings. The zero-order valence-corrected chi connectivity index (χ0v) is 6.69. The topological polar surface area (TPSA) is 20.2 Å². The molecule has 54 valence electrons. The Morgan fingerprint density at radius 2 is 2.22 bits per heavy atom. The van der Waals surface area contributed by atoms with E-state index >= 15 is 0 Å². The highest BCUT2D eigenvalue weighted by molar-refractivity contribution is 7.81. The van der Waals surface area contributed by atoms with Gasteiger partial charge in [-0.1, -0.05) is 12.8 Å². The van der Waals surface area contributed by atoms with Crippen molar-refractivity contribution < 1.29 is 5.11 Å². The van der Waals surface area contributed by atoms with E-state index in [1.54, 1.807) is 0 Å². The molecule has 1 fully saturated rings. The molecule has 9 heavy (non-hydrogen) atoms. The van der Waals surface area contributed by atoms with E-state index in [9.17, 15) is 5.11 Å². The fourth-order valence-electron chi connectivity index (χ4n) is 1.30. The molecule has 1 rings (SSSR count). The first kappa shape index (κ1) is 7.42. The summed E-state index contributed by atoms with van der Waals surface area (Å²) < 4.78 is -0.113. The van der Waals surface area contributed by atoms with Crippen LogP contribution in [-0.2, 0) is 0 Å². The Kier molecular flexibility index (Phi) is 2.07. The molecule has 0 bridgehead atoms. The summed E-state index contributed by atoms with van der Waals surface area (Å²) in [6, 6.07) is 0. The lowest BCUT2D eigenvalue weighted by molar-refractivity contribution is 0.0991. The van der Waals surface area contributed by atoms with Crippen molar-refractivity contribution in [2.45, 2.75) is 43.5 Å². The first-order valence-electron chi connectivity index (χ1n) is 3.53. The average molecular weight is 146 g/mol. The van der Waals surface area contributed by atoms with E-state index in [-0.39, 0.29) is 10.9 Å². The van der Waals surface area contributed by atoms with Crippen LogP contribution >= 0.6 is 12.6 Å². The number of rotatable bonds is 0. The molecule has 0 spiro atoms. The second-order valence-electron chi connectivity index (χ2n) is 3.12. The third-order valence-corrected chi connectivity index (χ3v) is 2.65. The summed E-state index contributed by atoms with van der Waals surface area (Å²) in [7, 11) is 0. The van der Waals surface area contributed by atoms with Crippen molar-refractivity contribution in [2.75, 3.05) is 0 Å². The number of thiol groups is 1. The summed E-state index contributed by atoms with van der Waals surface area (Å²) in [5.74, 6) is 0. The number of hydrogen-bond donors (Lipinski definition) is 2. The van der Waals surface area contributed by atoms with E-state index in [4.69, 9.17) is 0 Å². The summed E-state index contributed by atoms with van der Waals surface area (Å²) in [5.41, 5.74) is 0. The minimum Gasteiger partial charge on any atom is -0.392 e. The molecular weight excluding hydrogens is 132 g/mol. The molecule has 0 amide bonds. The van der Waals surface area contributed by atoms with Crippen LogP contribution in [0.1, 0.15) is 32.6 Å². The van der Waals surface area contributed by atoms with Crippen LogP contribution in [0, 0.1) is 0 Å². The molecule has 2 unspecified atom stereocenters. The quantitative estimate of drug-likeness (QED) is 0.497. The largest absolute Gasteiger partial charge is 0.392 e. The van der Waals surface area contributed by atoms with Gasteiger partial charge >= 0.3 is 0 Å². The number of hydrogen-bond acceptors (Lipinski definition) is 2. The summed E-state index contributed by atoms with van der Waals surface area (Å²) in [5, 5.41) is 9.36. The predicted octanol–water partition coefficient (Wildman–Crippen LogP) is 1.61. The van der Waals surface area contributed by atoms with E-state index in [2.05, 4.69) is 12.6 Å². The average Bonchev–Trinajstić information content (AvgIpc) is 1.77. The van der Waals surface area contributed by atoms with Crippen molar-refractivity contribution in [3.8, 4) is 0 Å². The van der Waals surface area contributed by atoms with Crippen molar-refractivity contribution in [3.05, 3.63) is 0 Å². The third kappa shape index (κ3) is 1.62. The zero-order chi connectivity index (χ0) is 6.91. The Bertz CT molecular complexity index is 101. The van der Waals surface area contributed by atoms with Crippen molar-refractivity contribution >= 4 is 12.6 Å². The van der Waals surface area contributed by atoms with Gasteiger partial charge in [-0.2, -0.15) is 12.6 Å². The van der Waals surface area contributed by atoms with Gasteiger partial charge in [0, 0.05) is 4.75 Å². The van der Waals surface area contributed by atoms with E-state index in [1.165, 1.54) is 6.42 Å². The van der Waals surface area contributed by atoms with Crippen molar-refractivity contribution in [1.82, 2.24) is 0 Å². The van der Waals surface area contributed by atoms with Gasteiger partial charge in [0.15, 0.2) is 0 Å². The van der Waals surface area contributed by atoms with Gasteiger partial charge in [-0.25, -0.2) is 0 Å². The van der Waals surface area contributed by atoms with Crippen LogP contribution in [0.4, 0.5) is 0 Å². The van der Waals surface area contributed by atoms with Gasteiger partial charge in [-0.05, 0) is 19.8 Å². The molecule has 0 aromatic rings. The molecule has 1 N–H and O–H groups in total. The van der Waals surface area contributed by atoms with Crippen LogP contribution in [0.15, 0.2) is 0 Å². The summed E-state index contributed by atoms with van der Waals surface area (Å²) in [4.78, 5) is 0. The lowest BCUT2D eigenvalue weighted by Crippen LogP contribution is -2.36. The minimum absolute atomic E-state index is 0.113. The summed E-state index contributed by atoms with van der Waals surface area (Å²) >= 11 is 4.36. The highest BCUT2D eigenvalue weighted by Crippen LogP contribution is 2.32. The van der Waals surface area contributed by atoms with E-state index < -0.39 is 0 Å². The normalized spacial score (nSPS) is 45.0. The van der Waals surface area contributed by atoms with Crippen LogP contribution in [0.5, 0.6) is 0 Å². The molecule has 0 saturated heterocycles. The van der Waals surface area contributed by atoms with Crippen LogP contribution < -0.4 is 0 Å². The molecule has 2 heteroatoms. The number of aliphatic hydroxyl groups excluding tert-OH is 1. The van der Waals surface area contributed by atoms with E-state index in [1.807, 2.05) is 6.92 Å². The maximum atomic E-state index is 9.36. The molecule has 0 aliphatic heterocycles. The molecule has 2 atom stereocenters. The summed E-state index contributed by atoms with van der Waals surface area (Å²) in [6.45, 7) is 2.01. The highest BCUT2D eigenvalue weighted by atomic mass is 32.1. The van der Waals surface area contributed by atoms with Crippen molar-refractivity contribution in [1.29, 1.82) is 0 Å². The molecule has 0 radical (unpaired) electrons. The van der Waals surface area contributed by atoms with Gasteiger partial charge in [0.2, 0.25) is 0 Å². The second-order valence-corrected chi connectivity index (χ2v) is 4.14. The Labute approximate surface area is 61.9 Å². The standard InChI is InChI=1S/C7H14OS/c1-7(9)5-3-2-4-6(7)8/h6,8-9H,2-5H2,1H3. The summed E-state index contributed by atoms with van der Waals surface area (Å²) in [6.07, 6.45) is 4.18. The maximum Gasteiger partial charge on any atom is 0.0681 e. The molecule has 0 aromatic carbocycles. The molecule has 1 aliphatic carbocycles. The Balaban J connectivity index is 2.49. The van der Waals surface area contributed by atoms with Crippen molar-refractivity contribution in [2.24, 2.45) is 0 Å². The number of aliphatic hydroxyl groups is 1. The fourth-order valence-corrected chi connectivity index (χ4v) is 1.59. The van der Waals surface area contributed by atoms with Crippen LogP contribution in [0.3, 0.4) is 0 Å². The Morgan fingerprint density at radius 1 is 1.56 bits per heavy atom. The van der Waals surface area contributed by atoms with E-state index in [0.29, 0.717) is 0 Å². The van der Waals surface area contributed by atoms with Crippen LogP contribution in [-0.4, -0.2) is 16.0 Å². The first-order valence-corrected chi connectivity index (χ1v) is 3.98. The SMILES string of the molecule is CC1(S)CCCCC1O. The third-order valence-electron chi connectivity index (χ3n) is 2.13. The Morgan fingerprint density at radius 3 is 2.56 bits per heavy atom. The van der Waals surface area contributed by atoms with Crippen LogP contribution in [0.2, 0.25) is 0 Å². The van der Waals surface area contributed by atoms with Crippen LogP contribution in [0.25, 0.3) is 0 Å². The predicted molar refractivity (Wildman–Crippen MR) is 41.9 cm³/mol. The maximum absolute atomic E-state index is 9.36.